The standard InChI is InChI=1S/C21H21N3O4/c1-3-28-18-11-8-16(14-19(18)27-2)21(26)23-22-20(25)15-6-9-17(10-7-15)24-12-4-5-13-24/h4-14H,3H2,1-2H3,(H,22,25)(H,23,26). The summed E-state index contributed by atoms with van der Waals surface area (Å²) in [6, 6.07) is 15.7. The lowest BCUT2D eigenvalue weighted by molar-refractivity contribution is 0.0846. The van der Waals surface area contributed by atoms with Crippen LogP contribution in [0.25, 0.3) is 5.69 Å². The number of hydrazine groups is 1. The smallest absolute Gasteiger partial charge is 0.269 e. The van der Waals surface area contributed by atoms with Crippen LogP contribution in [0.15, 0.2) is 67.0 Å². The highest BCUT2D eigenvalue weighted by Crippen LogP contribution is 2.27. The molecule has 0 saturated carbocycles. The summed E-state index contributed by atoms with van der Waals surface area (Å²) in [5, 5.41) is 0. The number of carbonyl (C=O) groups excluding carboxylic acids is 2. The van der Waals surface area contributed by atoms with Gasteiger partial charge in [-0.1, -0.05) is 0 Å². The third kappa shape index (κ3) is 4.32. The van der Waals surface area contributed by atoms with Crippen LogP contribution in [0.5, 0.6) is 11.5 Å². The van der Waals surface area contributed by atoms with Gasteiger partial charge in [-0.3, -0.25) is 20.4 Å². The minimum Gasteiger partial charge on any atom is -0.493 e. The third-order valence-electron chi connectivity index (χ3n) is 4.05. The first-order valence-electron chi connectivity index (χ1n) is 8.77. The van der Waals surface area contributed by atoms with Crippen LogP contribution in [0.3, 0.4) is 0 Å². The monoisotopic (exact) mass is 379 g/mol. The normalized spacial score (nSPS) is 10.2. The molecule has 0 spiro atoms. The maximum absolute atomic E-state index is 12.3. The SMILES string of the molecule is CCOc1ccc(C(=O)NNC(=O)c2ccc(-n3cccc3)cc2)cc1OC. The number of ether oxygens (including phenoxy) is 2. The van der Waals surface area contributed by atoms with Crippen molar-refractivity contribution in [1.82, 2.24) is 15.4 Å². The van der Waals surface area contributed by atoms with Gasteiger partial charge in [-0.05, 0) is 61.5 Å². The van der Waals surface area contributed by atoms with Crippen molar-refractivity contribution in [1.29, 1.82) is 0 Å². The van der Waals surface area contributed by atoms with E-state index in [9.17, 15) is 9.59 Å². The molecule has 0 aliphatic heterocycles. The van der Waals surface area contributed by atoms with E-state index in [0.717, 1.165) is 5.69 Å². The molecule has 0 fully saturated rings. The van der Waals surface area contributed by atoms with Gasteiger partial charge in [0.2, 0.25) is 0 Å². The molecule has 0 atom stereocenters. The van der Waals surface area contributed by atoms with Crippen LogP contribution < -0.4 is 20.3 Å². The predicted molar refractivity (Wildman–Crippen MR) is 105 cm³/mol. The van der Waals surface area contributed by atoms with Gasteiger partial charge in [0.25, 0.3) is 11.8 Å². The molecule has 0 radical (unpaired) electrons. The molecule has 0 saturated heterocycles. The summed E-state index contributed by atoms with van der Waals surface area (Å²) in [6.45, 7) is 2.35. The number of hydrogen-bond acceptors (Lipinski definition) is 4. The second-order valence-corrected chi connectivity index (χ2v) is 5.84. The number of hydrogen-bond donors (Lipinski definition) is 2. The quantitative estimate of drug-likeness (QED) is 0.645. The van der Waals surface area contributed by atoms with Gasteiger partial charge >= 0.3 is 0 Å². The van der Waals surface area contributed by atoms with Crippen molar-refractivity contribution in [3.8, 4) is 17.2 Å². The lowest BCUT2D eigenvalue weighted by Gasteiger charge is -2.12. The van der Waals surface area contributed by atoms with Crippen molar-refractivity contribution >= 4 is 11.8 Å². The second kappa shape index (κ2) is 8.77. The summed E-state index contributed by atoms with van der Waals surface area (Å²) >= 11 is 0. The fourth-order valence-electron chi connectivity index (χ4n) is 2.63. The van der Waals surface area contributed by atoms with E-state index in [1.807, 2.05) is 48.1 Å². The zero-order valence-electron chi connectivity index (χ0n) is 15.6. The van der Waals surface area contributed by atoms with Crippen LogP contribution in [0.4, 0.5) is 0 Å². The largest absolute Gasteiger partial charge is 0.493 e. The minimum absolute atomic E-state index is 0.337. The molecule has 2 amide bonds. The summed E-state index contributed by atoms with van der Waals surface area (Å²) in [5.41, 5.74) is 6.52. The fraction of sp³-hybridized carbons (Fsp3) is 0.143. The number of nitrogens with zero attached hydrogens (tertiary/aromatic N) is 1. The highest BCUT2D eigenvalue weighted by atomic mass is 16.5. The summed E-state index contributed by atoms with van der Waals surface area (Å²) in [4.78, 5) is 24.6. The van der Waals surface area contributed by atoms with Crippen LogP contribution >= 0.6 is 0 Å². The lowest BCUT2D eigenvalue weighted by atomic mass is 10.2. The molecular formula is C21H21N3O4. The van der Waals surface area contributed by atoms with Gasteiger partial charge in [-0.2, -0.15) is 0 Å². The molecular weight excluding hydrogens is 358 g/mol. The first-order chi connectivity index (χ1) is 13.6. The van der Waals surface area contributed by atoms with E-state index in [1.54, 1.807) is 30.3 Å². The number of benzene rings is 2. The molecule has 0 unspecified atom stereocenters. The zero-order chi connectivity index (χ0) is 19.9. The summed E-state index contributed by atoms with van der Waals surface area (Å²) in [5.74, 6) is 0.124. The van der Waals surface area contributed by atoms with E-state index in [2.05, 4.69) is 10.9 Å². The first kappa shape index (κ1) is 19.0. The number of nitrogens with one attached hydrogen (secondary N) is 2. The Balaban J connectivity index is 1.61. The molecule has 0 aliphatic carbocycles. The summed E-state index contributed by atoms with van der Waals surface area (Å²) in [7, 11) is 1.50. The second-order valence-electron chi connectivity index (χ2n) is 5.84. The topological polar surface area (TPSA) is 81.6 Å². The van der Waals surface area contributed by atoms with Crippen LogP contribution in [0, 0.1) is 0 Å². The van der Waals surface area contributed by atoms with Crippen molar-refractivity contribution in [3.05, 3.63) is 78.1 Å². The summed E-state index contributed by atoms with van der Waals surface area (Å²) in [6.07, 6.45) is 3.83. The van der Waals surface area contributed by atoms with Crippen molar-refractivity contribution < 1.29 is 19.1 Å². The zero-order valence-corrected chi connectivity index (χ0v) is 15.6. The molecule has 1 heterocycles. The van der Waals surface area contributed by atoms with Gasteiger partial charge in [0.05, 0.1) is 13.7 Å². The van der Waals surface area contributed by atoms with Gasteiger partial charge in [0.15, 0.2) is 11.5 Å². The Hall–Kier alpha value is -3.74. The van der Waals surface area contributed by atoms with Gasteiger partial charge < -0.3 is 14.0 Å². The van der Waals surface area contributed by atoms with Gasteiger partial charge in [-0.15, -0.1) is 0 Å². The average Bonchev–Trinajstić information content (AvgIpc) is 3.27. The number of carbonyl (C=O) groups is 2. The third-order valence-corrected chi connectivity index (χ3v) is 4.05. The minimum atomic E-state index is -0.460. The van der Waals surface area contributed by atoms with E-state index >= 15 is 0 Å². The Kier molecular flexibility index (Phi) is 5.96. The summed E-state index contributed by atoms with van der Waals surface area (Å²) < 4.78 is 12.6. The van der Waals surface area contributed by atoms with E-state index in [-0.39, 0.29) is 0 Å². The molecule has 2 aromatic carbocycles. The molecule has 3 aromatic rings. The van der Waals surface area contributed by atoms with Gasteiger partial charge in [0, 0.05) is 29.2 Å². The first-order valence-corrected chi connectivity index (χ1v) is 8.77. The van der Waals surface area contributed by atoms with Gasteiger partial charge in [-0.25, -0.2) is 0 Å². The number of aromatic nitrogens is 1. The molecule has 144 valence electrons. The van der Waals surface area contributed by atoms with Crippen LogP contribution in [-0.4, -0.2) is 30.1 Å². The Labute approximate surface area is 162 Å². The number of rotatable bonds is 6. The molecule has 7 heteroatoms. The van der Waals surface area contributed by atoms with Crippen molar-refractivity contribution in [2.45, 2.75) is 6.92 Å². The highest BCUT2D eigenvalue weighted by molar-refractivity contribution is 5.99. The number of methoxy groups -OCH3 is 1. The molecule has 3 rings (SSSR count). The van der Waals surface area contributed by atoms with E-state index in [0.29, 0.717) is 29.2 Å². The van der Waals surface area contributed by atoms with Crippen LogP contribution in [0.2, 0.25) is 0 Å². The van der Waals surface area contributed by atoms with E-state index in [1.165, 1.54) is 7.11 Å². The molecule has 0 bridgehead atoms. The van der Waals surface area contributed by atoms with Crippen molar-refractivity contribution in [2.75, 3.05) is 13.7 Å². The predicted octanol–water partition coefficient (Wildman–Crippen LogP) is 2.96. The molecule has 0 aliphatic rings. The number of amides is 2. The van der Waals surface area contributed by atoms with Crippen molar-refractivity contribution in [3.63, 3.8) is 0 Å². The van der Waals surface area contributed by atoms with Crippen LogP contribution in [-0.2, 0) is 0 Å². The maximum atomic E-state index is 12.3. The molecule has 1 aromatic heterocycles. The Bertz CT molecular complexity index is 950. The molecule has 28 heavy (non-hydrogen) atoms. The molecule has 2 N–H and O–H groups in total. The average molecular weight is 379 g/mol. The molecule has 7 nitrogen and oxygen atoms in total. The van der Waals surface area contributed by atoms with Crippen molar-refractivity contribution in [2.24, 2.45) is 0 Å². The Morgan fingerprint density at radius 2 is 1.50 bits per heavy atom. The maximum Gasteiger partial charge on any atom is 0.269 e. The van der Waals surface area contributed by atoms with Crippen LogP contribution in [0.1, 0.15) is 27.6 Å². The van der Waals surface area contributed by atoms with Gasteiger partial charge in [0.1, 0.15) is 0 Å². The Morgan fingerprint density at radius 3 is 2.11 bits per heavy atom. The highest BCUT2D eigenvalue weighted by Gasteiger charge is 2.12. The van der Waals surface area contributed by atoms with E-state index < -0.39 is 11.8 Å². The fourth-order valence-corrected chi connectivity index (χ4v) is 2.63. The van der Waals surface area contributed by atoms with E-state index in [4.69, 9.17) is 9.47 Å². The lowest BCUT2D eigenvalue weighted by Crippen LogP contribution is -2.41. The Morgan fingerprint density at radius 1 is 0.893 bits per heavy atom.